The molecule has 9 nitrogen and oxygen atoms in total. The number of rotatable bonds is 11. The number of nitrogens with zero attached hydrogens (tertiary/aromatic N) is 1. The smallest absolute Gasteiger partial charge is 0.264 e. The van der Waals surface area contributed by atoms with Gasteiger partial charge in [-0.05, 0) is 37.5 Å². The molecule has 4 rings (SSSR count). The molecule has 9 heteroatoms. The van der Waals surface area contributed by atoms with Crippen molar-refractivity contribution in [3.63, 3.8) is 0 Å². The van der Waals surface area contributed by atoms with Crippen LogP contribution in [-0.2, 0) is 25.5 Å². The van der Waals surface area contributed by atoms with Crippen LogP contribution >= 0.6 is 0 Å². The van der Waals surface area contributed by atoms with Crippen LogP contribution < -0.4 is 10.6 Å². The van der Waals surface area contributed by atoms with E-state index >= 15 is 0 Å². The summed E-state index contributed by atoms with van der Waals surface area (Å²) in [5, 5.41) is 5.34. The van der Waals surface area contributed by atoms with Gasteiger partial charge in [-0.1, -0.05) is 35.9 Å². The fraction of sp³-hybridized carbons (Fsp3) is 0.385. The molecule has 0 saturated carbocycles. The Hall–Kier alpha value is -3.56. The Balaban J connectivity index is 1.21. The molecule has 4 amide bonds. The summed E-state index contributed by atoms with van der Waals surface area (Å²) in [6, 6.07) is 12.4. The third kappa shape index (κ3) is 5.75. The Labute approximate surface area is 203 Å². The Bertz CT molecular complexity index is 1110. The molecule has 184 valence electrons. The van der Waals surface area contributed by atoms with Crippen LogP contribution in [0.3, 0.4) is 0 Å². The summed E-state index contributed by atoms with van der Waals surface area (Å²) in [4.78, 5) is 50.5. The van der Waals surface area contributed by atoms with Crippen LogP contribution in [0.4, 0.5) is 5.69 Å². The first kappa shape index (κ1) is 24.6. The van der Waals surface area contributed by atoms with Crippen molar-refractivity contribution in [2.24, 2.45) is 0 Å². The Kier molecular flexibility index (Phi) is 7.89. The lowest BCUT2D eigenvalue weighted by Crippen LogP contribution is -2.54. The number of imide groups is 2. The van der Waals surface area contributed by atoms with Crippen LogP contribution in [0.1, 0.15) is 44.7 Å². The van der Waals surface area contributed by atoms with Crippen LogP contribution in [0.15, 0.2) is 42.5 Å². The Morgan fingerprint density at radius 2 is 1.69 bits per heavy atom. The molecular formula is C26H29N3O6. The van der Waals surface area contributed by atoms with Gasteiger partial charge in [0.25, 0.3) is 11.8 Å². The average molecular weight is 480 g/mol. The number of carbonyl (C=O) groups is 4. The summed E-state index contributed by atoms with van der Waals surface area (Å²) in [5.74, 6) is -2.09. The molecule has 1 atom stereocenters. The molecule has 2 aromatic carbocycles. The van der Waals surface area contributed by atoms with Gasteiger partial charge in [0.1, 0.15) is 6.04 Å². The van der Waals surface area contributed by atoms with Crippen LogP contribution in [0.5, 0.6) is 0 Å². The van der Waals surface area contributed by atoms with E-state index in [-0.39, 0.29) is 24.0 Å². The number of carbonyl (C=O) groups excluding carboxylic acids is 4. The minimum atomic E-state index is -0.984. The number of anilines is 1. The first-order valence-electron chi connectivity index (χ1n) is 11.7. The molecule has 0 aliphatic carbocycles. The Morgan fingerprint density at radius 1 is 0.943 bits per heavy atom. The predicted octanol–water partition coefficient (Wildman–Crippen LogP) is 2.08. The van der Waals surface area contributed by atoms with Crippen molar-refractivity contribution in [1.29, 1.82) is 0 Å². The molecule has 0 radical (unpaired) electrons. The van der Waals surface area contributed by atoms with Gasteiger partial charge in [-0.3, -0.25) is 29.4 Å². The molecule has 0 spiro atoms. The van der Waals surface area contributed by atoms with E-state index in [1.807, 2.05) is 0 Å². The van der Waals surface area contributed by atoms with Gasteiger partial charge < -0.3 is 14.8 Å². The SMILES string of the molecule is Cc1ccc(CCOCCOCCNc2cccc3c2C(=O)N(C2CCC(=O)NC2=O)C3=O)cc1. The van der Waals surface area contributed by atoms with Gasteiger partial charge in [-0.2, -0.15) is 0 Å². The molecule has 1 fully saturated rings. The van der Waals surface area contributed by atoms with Gasteiger partial charge in [0.05, 0.1) is 37.6 Å². The lowest BCUT2D eigenvalue weighted by atomic mass is 10.0. The zero-order valence-electron chi connectivity index (χ0n) is 19.7. The second kappa shape index (κ2) is 11.2. The number of ether oxygens (including phenoxy) is 2. The highest BCUT2D eigenvalue weighted by molar-refractivity contribution is 6.25. The summed E-state index contributed by atoms with van der Waals surface area (Å²) in [6.45, 7) is 4.44. The summed E-state index contributed by atoms with van der Waals surface area (Å²) in [7, 11) is 0. The van der Waals surface area contributed by atoms with Crippen molar-refractivity contribution < 1.29 is 28.7 Å². The number of amides is 4. The number of nitrogens with one attached hydrogen (secondary N) is 2. The van der Waals surface area contributed by atoms with Gasteiger partial charge in [-0.15, -0.1) is 0 Å². The highest BCUT2D eigenvalue weighted by atomic mass is 16.5. The van der Waals surface area contributed by atoms with Gasteiger partial charge >= 0.3 is 0 Å². The highest BCUT2D eigenvalue weighted by Gasteiger charge is 2.45. The summed E-state index contributed by atoms with van der Waals surface area (Å²) >= 11 is 0. The van der Waals surface area contributed by atoms with Gasteiger partial charge in [-0.25, -0.2) is 0 Å². The fourth-order valence-corrected chi connectivity index (χ4v) is 4.19. The van der Waals surface area contributed by atoms with E-state index in [2.05, 4.69) is 41.8 Å². The maximum absolute atomic E-state index is 13.1. The number of piperidine rings is 1. The summed E-state index contributed by atoms with van der Waals surface area (Å²) in [6.07, 6.45) is 1.06. The standard InChI is InChI=1S/C26H29N3O6/c1-17-5-7-18(8-6-17)11-13-34-15-16-35-14-12-27-20-4-2-3-19-23(20)26(33)29(25(19)32)21-9-10-22(30)28-24(21)31/h2-8,21,27H,9-16H2,1H3,(H,28,30,31). The number of hydrogen-bond acceptors (Lipinski definition) is 7. The normalized spacial score (nSPS) is 17.5. The third-order valence-electron chi connectivity index (χ3n) is 6.06. The molecule has 35 heavy (non-hydrogen) atoms. The topological polar surface area (TPSA) is 114 Å². The predicted molar refractivity (Wildman–Crippen MR) is 128 cm³/mol. The molecule has 1 unspecified atom stereocenters. The number of hydrogen-bond donors (Lipinski definition) is 2. The lowest BCUT2D eigenvalue weighted by molar-refractivity contribution is -0.136. The molecule has 2 aliphatic heterocycles. The number of aryl methyl sites for hydroxylation is 1. The minimum Gasteiger partial charge on any atom is -0.382 e. The average Bonchev–Trinajstić information content (AvgIpc) is 3.10. The van der Waals surface area contributed by atoms with Gasteiger partial charge in [0.2, 0.25) is 11.8 Å². The van der Waals surface area contributed by atoms with Crippen LogP contribution in [0.25, 0.3) is 0 Å². The molecule has 2 aliphatic rings. The quantitative estimate of drug-likeness (QED) is 0.375. The van der Waals surface area contributed by atoms with Crippen molar-refractivity contribution >= 4 is 29.3 Å². The molecule has 1 saturated heterocycles. The second-order valence-corrected chi connectivity index (χ2v) is 8.56. The molecule has 2 heterocycles. The van der Waals surface area contributed by atoms with Gasteiger partial charge in [0.15, 0.2) is 0 Å². The van der Waals surface area contributed by atoms with Crippen molar-refractivity contribution in [2.75, 3.05) is 38.3 Å². The van der Waals surface area contributed by atoms with Crippen LogP contribution in [-0.4, -0.2) is 67.5 Å². The fourth-order valence-electron chi connectivity index (χ4n) is 4.19. The second-order valence-electron chi connectivity index (χ2n) is 8.56. The van der Waals surface area contributed by atoms with E-state index < -0.39 is 29.7 Å². The molecular weight excluding hydrogens is 450 g/mol. The van der Waals surface area contributed by atoms with Crippen molar-refractivity contribution in [1.82, 2.24) is 10.2 Å². The van der Waals surface area contributed by atoms with Crippen molar-refractivity contribution in [2.45, 2.75) is 32.2 Å². The van der Waals surface area contributed by atoms with E-state index in [1.54, 1.807) is 18.2 Å². The number of benzene rings is 2. The molecule has 0 aromatic heterocycles. The first-order valence-corrected chi connectivity index (χ1v) is 11.7. The molecule has 2 aromatic rings. The van der Waals surface area contributed by atoms with Gasteiger partial charge in [0, 0.05) is 18.7 Å². The van der Waals surface area contributed by atoms with E-state index in [0.29, 0.717) is 38.7 Å². The lowest BCUT2D eigenvalue weighted by Gasteiger charge is -2.27. The molecule has 0 bridgehead atoms. The summed E-state index contributed by atoms with van der Waals surface area (Å²) < 4.78 is 11.2. The molecule has 2 N–H and O–H groups in total. The van der Waals surface area contributed by atoms with E-state index in [9.17, 15) is 19.2 Å². The van der Waals surface area contributed by atoms with Crippen molar-refractivity contribution in [3.05, 3.63) is 64.7 Å². The zero-order valence-corrected chi connectivity index (χ0v) is 19.7. The summed E-state index contributed by atoms with van der Waals surface area (Å²) in [5.41, 5.74) is 3.46. The zero-order chi connectivity index (χ0) is 24.8. The largest absolute Gasteiger partial charge is 0.382 e. The third-order valence-corrected chi connectivity index (χ3v) is 6.06. The maximum atomic E-state index is 13.1. The first-order chi connectivity index (χ1) is 17.0. The van der Waals surface area contributed by atoms with Crippen molar-refractivity contribution in [3.8, 4) is 0 Å². The van der Waals surface area contributed by atoms with Crippen LogP contribution in [0.2, 0.25) is 0 Å². The monoisotopic (exact) mass is 479 g/mol. The highest BCUT2D eigenvalue weighted by Crippen LogP contribution is 2.32. The van der Waals surface area contributed by atoms with E-state index in [1.165, 1.54) is 11.1 Å². The van der Waals surface area contributed by atoms with Crippen LogP contribution in [0, 0.1) is 6.92 Å². The number of fused-ring (bicyclic) bond motifs is 1. The minimum absolute atomic E-state index is 0.0852. The van der Waals surface area contributed by atoms with E-state index in [0.717, 1.165) is 11.3 Å². The Morgan fingerprint density at radius 3 is 2.43 bits per heavy atom. The maximum Gasteiger partial charge on any atom is 0.264 e. The van der Waals surface area contributed by atoms with E-state index in [4.69, 9.17) is 9.47 Å².